The molecule has 1 aliphatic rings. The van der Waals surface area contributed by atoms with Crippen LogP contribution < -0.4 is 5.32 Å². The minimum absolute atomic E-state index is 0.00496. The van der Waals surface area contributed by atoms with Crippen molar-refractivity contribution >= 4 is 18.3 Å². The van der Waals surface area contributed by atoms with Gasteiger partial charge < -0.3 is 20.2 Å². The minimum atomic E-state index is -1.62. The van der Waals surface area contributed by atoms with E-state index in [4.69, 9.17) is 0 Å². The third kappa shape index (κ3) is 6.82. The van der Waals surface area contributed by atoms with Crippen LogP contribution in [0.2, 0.25) is 0 Å². The van der Waals surface area contributed by atoms with Crippen LogP contribution in [0, 0.1) is 17.5 Å². The second-order valence-electron chi connectivity index (χ2n) is 9.97. The van der Waals surface area contributed by atoms with Crippen LogP contribution in [0.25, 0.3) is 0 Å². The number of aromatic hydroxyl groups is 1. The molecule has 0 radical (unpaired) electrons. The summed E-state index contributed by atoms with van der Waals surface area (Å²) in [5.41, 5.74) is 1.48. The maximum Gasteiger partial charge on any atom is 0.334 e. The Labute approximate surface area is 241 Å². The number of phenols is 1. The van der Waals surface area contributed by atoms with Crippen molar-refractivity contribution in [1.29, 1.82) is 0 Å². The van der Waals surface area contributed by atoms with Gasteiger partial charge in [0.2, 0.25) is 12.3 Å². The largest absolute Gasteiger partial charge is 0.508 e. The molecule has 9 nitrogen and oxygen atoms in total. The van der Waals surface area contributed by atoms with Gasteiger partial charge in [-0.3, -0.25) is 9.59 Å². The first kappa shape index (κ1) is 30.4. The molecule has 4 rings (SSSR count). The van der Waals surface area contributed by atoms with Crippen molar-refractivity contribution < 1.29 is 32.7 Å². The summed E-state index contributed by atoms with van der Waals surface area (Å²) in [6, 6.07) is 15.3. The number of carbonyl (C=O) groups excluding carboxylic acids is 3. The van der Waals surface area contributed by atoms with Crippen molar-refractivity contribution in [2.75, 3.05) is 20.1 Å². The van der Waals surface area contributed by atoms with Gasteiger partial charge in [-0.05, 0) is 41.0 Å². The van der Waals surface area contributed by atoms with Gasteiger partial charge in [0.25, 0.3) is 0 Å². The van der Waals surface area contributed by atoms with Gasteiger partial charge in [-0.1, -0.05) is 49.4 Å². The molecular formula is C30H32F3N5O4. The van der Waals surface area contributed by atoms with Crippen molar-refractivity contribution in [2.24, 2.45) is 0 Å². The highest BCUT2D eigenvalue weighted by molar-refractivity contribution is 5.86. The van der Waals surface area contributed by atoms with Gasteiger partial charge in [0.05, 0.1) is 6.54 Å². The summed E-state index contributed by atoms with van der Waals surface area (Å²) in [6.45, 7) is 1.90. The summed E-state index contributed by atoms with van der Waals surface area (Å²) < 4.78 is 41.7. The van der Waals surface area contributed by atoms with Crippen LogP contribution in [0.5, 0.6) is 5.75 Å². The second-order valence-corrected chi connectivity index (χ2v) is 9.97. The van der Waals surface area contributed by atoms with Crippen LogP contribution >= 0.6 is 0 Å². The third-order valence-electron chi connectivity index (χ3n) is 7.19. The first-order chi connectivity index (χ1) is 20.1. The molecule has 0 aromatic heterocycles. The predicted molar refractivity (Wildman–Crippen MR) is 148 cm³/mol. The SMILES string of the molecule is CCN(C)N(C(=O)NCc1ccccc1)C1CN(Cc2cc(F)c(F)c(F)c2)C(=O)[C@H](Cc2ccc(O)cc2)N1C=O. The summed E-state index contributed by atoms with van der Waals surface area (Å²) in [6.07, 6.45) is -0.464. The number of rotatable bonds is 10. The summed E-state index contributed by atoms with van der Waals surface area (Å²) in [7, 11) is 1.66. The average Bonchev–Trinajstić information content (AvgIpc) is 2.98. The van der Waals surface area contributed by atoms with E-state index in [9.17, 15) is 32.7 Å². The van der Waals surface area contributed by atoms with E-state index in [0.29, 0.717) is 18.5 Å². The van der Waals surface area contributed by atoms with Crippen LogP contribution in [0.3, 0.4) is 0 Å². The molecule has 4 amide bonds. The smallest absolute Gasteiger partial charge is 0.334 e. The first-order valence-corrected chi connectivity index (χ1v) is 13.4. The van der Waals surface area contributed by atoms with E-state index in [2.05, 4.69) is 5.32 Å². The standard InChI is InChI=1S/C30H32F3N5O4/c1-3-35(2)38(30(42)34-16-21-7-5-4-6-8-21)27-18-36(17-22-13-24(31)28(33)25(32)14-22)29(41)26(37(27)19-39)15-20-9-11-23(40)12-10-20/h4-14,19,26-27,40H,3,15-18H2,1-2H3,(H,34,42)/t26-,27?/m0/s1. The molecule has 1 aliphatic heterocycles. The van der Waals surface area contributed by atoms with Crippen LogP contribution in [-0.2, 0) is 29.1 Å². The minimum Gasteiger partial charge on any atom is -0.508 e. The molecule has 2 N–H and O–H groups in total. The highest BCUT2D eigenvalue weighted by atomic mass is 19.2. The number of phenolic OH excluding ortho intramolecular Hbond substituents is 1. The Kier molecular flexibility index (Phi) is 9.68. The number of piperazine rings is 1. The zero-order valence-corrected chi connectivity index (χ0v) is 23.2. The first-order valence-electron chi connectivity index (χ1n) is 13.4. The number of amides is 4. The average molecular weight is 584 g/mol. The summed E-state index contributed by atoms with van der Waals surface area (Å²) in [4.78, 5) is 42.5. The molecule has 0 saturated carbocycles. The number of carbonyl (C=O) groups is 3. The maximum absolute atomic E-state index is 14.0. The fraction of sp³-hybridized carbons (Fsp3) is 0.300. The second kappa shape index (κ2) is 13.4. The molecule has 42 heavy (non-hydrogen) atoms. The van der Waals surface area contributed by atoms with E-state index in [1.807, 2.05) is 37.3 Å². The maximum atomic E-state index is 14.0. The Balaban J connectivity index is 1.70. The van der Waals surface area contributed by atoms with Gasteiger partial charge in [0, 0.05) is 33.1 Å². The zero-order valence-electron chi connectivity index (χ0n) is 23.2. The number of urea groups is 1. The number of halogens is 3. The molecule has 2 atom stereocenters. The lowest BCUT2D eigenvalue weighted by atomic mass is 9.99. The van der Waals surface area contributed by atoms with Gasteiger partial charge >= 0.3 is 6.03 Å². The quantitative estimate of drug-likeness (QED) is 0.216. The van der Waals surface area contributed by atoms with E-state index >= 15 is 0 Å². The van der Waals surface area contributed by atoms with Gasteiger partial charge in [-0.2, -0.15) is 0 Å². The molecule has 1 heterocycles. The summed E-state index contributed by atoms with van der Waals surface area (Å²) in [5, 5.41) is 15.5. The number of hydrogen-bond acceptors (Lipinski definition) is 5. The molecule has 1 saturated heterocycles. The normalized spacial score (nSPS) is 17.0. The predicted octanol–water partition coefficient (Wildman–Crippen LogP) is 3.63. The van der Waals surface area contributed by atoms with Crippen molar-refractivity contribution in [3.05, 3.63) is 101 Å². The van der Waals surface area contributed by atoms with Gasteiger partial charge in [-0.15, -0.1) is 0 Å². The van der Waals surface area contributed by atoms with Crippen LogP contribution in [0.4, 0.5) is 18.0 Å². The molecule has 0 aliphatic carbocycles. The van der Waals surface area contributed by atoms with E-state index < -0.39 is 41.6 Å². The Bertz CT molecular complexity index is 1390. The molecular weight excluding hydrogens is 551 g/mol. The molecule has 0 spiro atoms. The van der Waals surface area contributed by atoms with Gasteiger partial charge in [0.1, 0.15) is 18.0 Å². The summed E-state index contributed by atoms with van der Waals surface area (Å²) in [5.74, 6) is -4.92. The summed E-state index contributed by atoms with van der Waals surface area (Å²) >= 11 is 0. The molecule has 3 aromatic rings. The number of nitrogens with one attached hydrogen (secondary N) is 1. The van der Waals surface area contributed by atoms with E-state index in [0.717, 1.165) is 17.7 Å². The molecule has 12 heteroatoms. The zero-order chi connectivity index (χ0) is 30.4. The van der Waals surface area contributed by atoms with Gasteiger partial charge in [0.15, 0.2) is 17.5 Å². The van der Waals surface area contributed by atoms with Crippen LogP contribution in [-0.4, -0.2) is 75.6 Å². The molecule has 0 bridgehead atoms. The topological polar surface area (TPSA) is 96.4 Å². The number of nitrogens with zero attached hydrogens (tertiary/aromatic N) is 4. The fourth-order valence-electron chi connectivity index (χ4n) is 4.91. The lowest BCUT2D eigenvalue weighted by molar-refractivity contribution is -0.165. The lowest BCUT2D eigenvalue weighted by Gasteiger charge is -2.50. The third-order valence-corrected chi connectivity index (χ3v) is 7.19. The number of benzene rings is 3. The number of hydrazine groups is 1. The van der Waals surface area contributed by atoms with Crippen molar-refractivity contribution in [1.82, 2.24) is 25.1 Å². The van der Waals surface area contributed by atoms with Gasteiger partial charge in [-0.25, -0.2) is 28.0 Å². The van der Waals surface area contributed by atoms with E-state index in [-0.39, 0.29) is 37.4 Å². The van der Waals surface area contributed by atoms with Crippen molar-refractivity contribution in [3.8, 4) is 5.75 Å². The van der Waals surface area contributed by atoms with Crippen molar-refractivity contribution in [3.63, 3.8) is 0 Å². The Morgan fingerprint density at radius 1 is 1.02 bits per heavy atom. The highest BCUT2D eigenvalue weighted by Crippen LogP contribution is 2.26. The number of hydrogen-bond donors (Lipinski definition) is 2. The molecule has 3 aromatic carbocycles. The Hall–Kier alpha value is -4.58. The molecule has 222 valence electrons. The fourth-order valence-corrected chi connectivity index (χ4v) is 4.91. The monoisotopic (exact) mass is 583 g/mol. The van der Waals surface area contributed by atoms with Crippen LogP contribution in [0.1, 0.15) is 23.6 Å². The van der Waals surface area contributed by atoms with E-state index in [1.54, 1.807) is 24.2 Å². The van der Waals surface area contributed by atoms with E-state index in [1.165, 1.54) is 26.9 Å². The van der Waals surface area contributed by atoms with Crippen LogP contribution in [0.15, 0.2) is 66.7 Å². The molecule has 1 unspecified atom stereocenters. The lowest BCUT2D eigenvalue weighted by Crippen LogP contribution is -2.70. The molecule has 1 fully saturated rings. The van der Waals surface area contributed by atoms with Crippen molar-refractivity contribution in [2.45, 2.75) is 38.6 Å². The Morgan fingerprint density at radius 2 is 1.67 bits per heavy atom. The highest BCUT2D eigenvalue weighted by Gasteiger charge is 2.45. The Morgan fingerprint density at radius 3 is 2.26 bits per heavy atom.